The van der Waals surface area contributed by atoms with Crippen LogP contribution in [0, 0.1) is 6.92 Å². The van der Waals surface area contributed by atoms with Gasteiger partial charge >= 0.3 is 0 Å². The summed E-state index contributed by atoms with van der Waals surface area (Å²) in [6.07, 6.45) is 3.57. The van der Waals surface area contributed by atoms with E-state index in [2.05, 4.69) is 27.5 Å². The van der Waals surface area contributed by atoms with Gasteiger partial charge in [0, 0.05) is 19.2 Å². The molecule has 6 nitrogen and oxygen atoms in total. The number of aliphatic imine (C=N–C) groups is 1. The van der Waals surface area contributed by atoms with Gasteiger partial charge in [0.1, 0.15) is 12.0 Å². The van der Waals surface area contributed by atoms with Crippen LogP contribution in [-0.2, 0) is 13.0 Å². The summed E-state index contributed by atoms with van der Waals surface area (Å²) in [5.41, 5.74) is 4.20. The van der Waals surface area contributed by atoms with Crippen LogP contribution in [0.4, 0.5) is 0 Å². The number of nitrogens with zero attached hydrogens (tertiary/aromatic N) is 2. The second kappa shape index (κ2) is 9.60. The van der Waals surface area contributed by atoms with Crippen molar-refractivity contribution < 1.29 is 9.52 Å². The summed E-state index contributed by atoms with van der Waals surface area (Å²) in [4.78, 5) is 8.76. The third-order valence-corrected chi connectivity index (χ3v) is 4.38. The molecule has 28 heavy (non-hydrogen) atoms. The number of guanidine groups is 1. The Kier molecular flexibility index (Phi) is 6.68. The second-order valence-corrected chi connectivity index (χ2v) is 6.63. The van der Waals surface area contributed by atoms with Crippen LogP contribution >= 0.6 is 0 Å². The van der Waals surface area contributed by atoms with E-state index in [1.165, 1.54) is 11.1 Å². The molecule has 0 saturated carbocycles. The number of hydrogen-bond donors (Lipinski definition) is 3. The summed E-state index contributed by atoms with van der Waals surface area (Å²) < 4.78 is 5.58. The second-order valence-electron chi connectivity index (χ2n) is 6.63. The lowest BCUT2D eigenvalue weighted by atomic mass is 10.1. The molecular formula is C22H26N4O2. The zero-order chi connectivity index (χ0) is 19.8. The van der Waals surface area contributed by atoms with E-state index in [1.54, 1.807) is 25.4 Å². The van der Waals surface area contributed by atoms with Crippen molar-refractivity contribution in [1.82, 2.24) is 15.6 Å². The van der Waals surface area contributed by atoms with Gasteiger partial charge in [0.2, 0.25) is 5.89 Å². The Balaban J connectivity index is 1.42. The summed E-state index contributed by atoms with van der Waals surface area (Å²) in [6, 6.07) is 15.4. The van der Waals surface area contributed by atoms with Crippen molar-refractivity contribution in [2.75, 3.05) is 13.6 Å². The van der Waals surface area contributed by atoms with Gasteiger partial charge in [-0.3, -0.25) is 4.99 Å². The van der Waals surface area contributed by atoms with Crippen LogP contribution in [0.1, 0.15) is 23.2 Å². The molecule has 0 radical (unpaired) electrons. The SMILES string of the molecule is CN=C(NCCCc1ccc(O)cc1)NCc1coc(-c2ccc(C)cc2)n1. The zero-order valence-electron chi connectivity index (χ0n) is 16.3. The molecule has 1 heterocycles. The number of aromatic nitrogens is 1. The highest BCUT2D eigenvalue weighted by molar-refractivity contribution is 5.79. The number of benzene rings is 2. The molecule has 0 fully saturated rings. The molecule has 3 aromatic rings. The number of oxazole rings is 1. The van der Waals surface area contributed by atoms with Crippen molar-refractivity contribution in [2.24, 2.45) is 4.99 Å². The Hall–Kier alpha value is -3.28. The lowest BCUT2D eigenvalue weighted by Gasteiger charge is -2.10. The number of aryl methyl sites for hydroxylation is 2. The highest BCUT2D eigenvalue weighted by Crippen LogP contribution is 2.19. The van der Waals surface area contributed by atoms with Crippen molar-refractivity contribution in [3.63, 3.8) is 0 Å². The minimum absolute atomic E-state index is 0.296. The fraction of sp³-hybridized carbons (Fsp3) is 0.273. The van der Waals surface area contributed by atoms with Gasteiger partial charge in [0.05, 0.1) is 12.2 Å². The number of phenols is 1. The Bertz CT molecular complexity index is 899. The molecule has 0 aliphatic heterocycles. The van der Waals surface area contributed by atoms with Gasteiger partial charge in [0.25, 0.3) is 0 Å². The lowest BCUT2D eigenvalue weighted by molar-refractivity contribution is 0.475. The molecular weight excluding hydrogens is 352 g/mol. The number of nitrogens with one attached hydrogen (secondary N) is 2. The molecule has 0 spiro atoms. The van der Waals surface area contributed by atoms with Gasteiger partial charge < -0.3 is 20.2 Å². The summed E-state index contributed by atoms with van der Waals surface area (Å²) in [5.74, 6) is 1.64. The van der Waals surface area contributed by atoms with E-state index in [4.69, 9.17) is 4.42 Å². The minimum atomic E-state index is 0.296. The first kappa shape index (κ1) is 19.5. The van der Waals surface area contributed by atoms with Crippen molar-refractivity contribution >= 4 is 5.96 Å². The van der Waals surface area contributed by atoms with Crippen LogP contribution in [0.2, 0.25) is 0 Å². The standard InChI is InChI=1S/C22H26N4O2/c1-16-5-9-18(10-6-16)21-26-19(15-28-21)14-25-22(23-2)24-13-3-4-17-7-11-20(27)12-8-17/h5-12,15,27H,3-4,13-14H2,1-2H3,(H2,23,24,25). The van der Waals surface area contributed by atoms with E-state index in [0.29, 0.717) is 18.2 Å². The fourth-order valence-electron chi connectivity index (χ4n) is 2.77. The van der Waals surface area contributed by atoms with Crippen molar-refractivity contribution in [1.29, 1.82) is 0 Å². The van der Waals surface area contributed by atoms with Gasteiger partial charge in [-0.2, -0.15) is 0 Å². The van der Waals surface area contributed by atoms with E-state index in [0.717, 1.165) is 36.6 Å². The highest BCUT2D eigenvalue weighted by Gasteiger charge is 2.07. The van der Waals surface area contributed by atoms with Crippen molar-refractivity contribution in [3.8, 4) is 17.2 Å². The minimum Gasteiger partial charge on any atom is -0.508 e. The van der Waals surface area contributed by atoms with E-state index in [1.807, 2.05) is 36.4 Å². The van der Waals surface area contributed by atoms with Gasteiger partial charge in [-0.15, -0.1) is 0 Å². The molecule has 0 saturated heterocycles. The molecule has 2 aromatic carbocycles. The van der Waals surface area contributed by atoms with Crippen molar-refractivity contribution in [3.05, 3.63) is 71.6 Å². The van der Waals surface area contributed by atoms with Gasteiger partial charge in [0.15, 0.2) is 5.96 Å². The van der Waals surface area contributed by atoms with Crippen LogP contribution < -0.4 is 10.6 Å². The third kappa shape index (κ3) is 5.61. The maximum Gasteiger partial charge on any atom is 0.226 e. The number of phenolic OH excluding ortho intramolecular Hbond substituents is 1. The maximum atomic E-state index is 9.32. The third-order valence-electron chi connectivity index (χ3n) is 4.38. The average molecular weight is 378 g/mol. The molecule has 6 heteroatoms. The van der Waals surface area contributed by atoms with Crippen molar-refractivity contribution in [2.45, 2.75) is 26.3 Å². The van der Waals surface area contributed by atoms with Crippen LogP contribution in [0.25, 0.3) is 11.5 Å². The quantitative estimate of drug-likeness (QED) is 0.332. The van der Waals surface area contributed by atoms with Gasteiger partial charge in [-0.1, -0.05) is 29.8 Å². The first-order chi connectivity index (χ1) is 13.6. The van der Waals surface area contributed by atoms with E-state index in [-0.39, 0.29) is 0 Å². The number of rotatable bonds is 7. The normalized spacial score (nSPS) is 11.4. The molecule has 0 amide bonds. The predicted octanol–water partition coefficient (Wildman–Crippen LogP) is 3.65. The highest BCUT2D eigenvalue weighted by atomic mass is 16.3. The summed E-state index contributed by atoms with van der Waals surface area (Å²) in [5, 5.41) is 15.9. The largest absolute Gasteiger partial charge is 0.508 e. The fourth-order valence-corrected chi connectivity index (χ4v) is 2.77. The molecule has 3 N–H and O–H groups in total. The molecule has 0 unspecified atom stereocenters. The molecule has 0 aliphatic carbocycles. The Morgan fingerprint density at radius 3 is 2.54 bits per heavy atom. The van der Waals surface area contributed by atoms with Crippen LogP contribution in [-0.4, -0.2) is 29.6 Å². The smallest absolute Gasteiger partial charge is 0.226 e. The topological polar surface area (TPSA) is 82.7 Å². The predicted molar refractivity (Wildman–Crippen MR) is 111 cm³/mol. The maximum absolute atomic E-state index is 9.32. The van der Waals surface area contributed by atoms with Crippen LogP contribution in [0.5, 0.6) is 5.75 Å². The Labute approximate surface area is 165 Å². The molecule has 146 valence electrons. The summed E-state index contributed by atoms with van der Waals surface area (Å²) in [7, 11) is 1.75. The molecule has 0 atom stereocenters. The Morgan fingerprint density at radius 2 is 1.82 bits per heavy atom. The van der Waals surface area contributed by atoms with E-state index in [9.17, 15) is 5.11 Å². The van der Waals surface area contributed by atoms with Crippen LogP contribution in [0.15, 0.2) is 64.2 Å². The number of aromatic hydroxyl groups is 1. The Morgan fingerprint density at radius 1 is 1.07 bits per heavy atom. The first-order valence-electron chi connectivity index (χ1n) is 9.38. The molecule has 1 aromatic heterocycles. The summed E-state index contributed by atoms with van der Waals surface area (Å²) >= 11 is 0. The van der Waals surface area contributed by atoms with E-state index >= 15 is 0 Å². The lowest BCUT2D eigenvalue weighted by Crippen LogP contribution is -2.37. The molecule has 0 bridgehead atoms. The zero-order valence-corrected chi connectivity index (χ0v) is 16.3. The van der Waals surface area contributed by atoms with Gasteiger partial charge in [-0.05, 0) is 49.6 Å². The number of hydrogen-bond acceptors (Lipinski definition) is 4. The monoisotopic (exact) mass is 378 g/mol. The summed E-state index contributed by atoms with van der Waals surface area (Å²) in [6.45, 7) is 3.39. The first-order valence-corrected chi connectivity index (χ1v) is 9.38. The van der Waals surface area contributed by atoms with Gasteiger partial charge in [-0.25, -0.2) is 4.98 Å². The van der Waals surface area contributed by atoms with Crippen LogP contribution in [0.3, 0.4) is 0 Å². The van der Waals surface area contributed by atoms with E-state index < -0.39 is 0 Å². The molecule has 0 aliphatic rings. The molecule has 3 rings (SSSR count). The average Bonchev–Trinajstić information content (AvgIpc) is 3.18.